The Morgan fingerprint density at radius 3 is 2.46 bits per heavy atom. The minimum Gasteiger partial charge on any atom is -0.504 e. The van der Waals surface area contributed by atoms with E-state index >= 15 is 0 Å². The van der Waals surface area contributed by atoms with Crippen LogP contribution in [-0.2, 0) is 19.2 Å². The van der Waals surface area contributed by atoms with E-state index in [0.29, 0.717) is 30.5 Å². The quantitative estimate of drug-likeness (QED) is 0.371. The van der Waals surface area contributed by atoms with Gasteiger partial charge in [-0.2, -0.15) is 0 Å². The number of carbonyl (C=O) groups excluding carboxylic acids is 4. The number of carbonyl (C=O) groups is 4. The zero-order valence-electron chi connectivity index (χ0n) is 19.6. The molecular formula is C25H26Cl2N2O6. The maximum atomic E-state index is 13.5. The molecule has 35 heavy (non-hydrogen) atoms. The number of amides is 4. The fourth-order valence-corrected chi connectivity index (χ4v) is 7.53. The molecule has 1 aromatic carbocycles. The summed E-state index contributed by atoms with van der Waals surface area (Å²) in [6.07, 6.45) is 2.78. The number of aromatic hydroxyl groups is 1. The van der Waals surface area contributed by atoms with Gasteiger partial charge in [0.05, 0.1) is 18.9 Å². The molecule has 1 N–H and O–H groups in total. The second-order valence-corrected chi connectivity index (χ2v) is 11.0. The Hall–Kier alpha value is -2.58. The molecule has 0 spiro atoms. The molecule has 2 heterocycles. The molecule has 0 aromatic heterocycles. The Morgan fingerprint density at radius 1 is 1.11 bits per heavy atom. The van der Waals surface area contributed by atoms with Gasteiger partial charge in [0.15, 0.2) is 21.2 Å². The van der Waals surface area contributed by atoms with Crippen LogP contribution in [0.3, 0.4) is 0 Å². The fourth-order valence-electron chi connectivity index (χ4n) is 6.51. The van der Waals surface area contributed by atoms with Crippen LogP contribution < -0.4 is 4.74 Å². The summed E-state index contributed by atoms with van der Waals surface area (Å²) >= 11 is 14.1. The van der Waals surface area contributed by atoms with Crippen LogP contribution in [0.5, 0.6) is 11.5 Å². The van der Waals surface area contributed by atoms with Gasteiger partial charge < -0.3 is 9.84 Å². The monoisotopic (exact) mass is 520 g/mol. The normalized spacial score (nSPS) is 36.2. The molecule has 3 fully saturated rings. The summed E-state index contributed by atoms with van der Waals surface area (Å²) < 4.78 is 5.16. The summed E-state index contributed by atoms with van der Waals surface area (Å²) in [6, 6.07) is 4.66. The number of ether oxygens (including phenoxy) is 1. The third-order valence-electron chi connectivity index (χ3n) is 8.09. The summed E-state index contributed by atoms with van der Waals surface area (Å²) in [5.74, 6) is -4.38. The second-order valence-electron chi connectivity index (χ2n) is 9.76. The largest absolute Gasteiger partial charge is 0.504 e. The van der Waals surface area contributed by atoms with E-state index in [0.717, 1.165) is 4.90 Å². The lowest BCUT2D eigenvalue weighted by atomic mass is 9.56. The standard InChI is InChI=1S/C25H26Cl2N2O6/c1-4-9-29-20(31)14-7-6-13-15(18(14)21(29)32)11-24(26)22(33)28(2)23(34)25(24,27)19(13)12-5-8-17(35-3)16(30)10-12/h5-6,8,10,14-15,18-19,30H,4,7,9,11H2,1-3H3. The molecule has 0 radical (unpaired) electrons. The Kier molecular flexibility index (Phi) is 5.49. The van der Waals surface area contributed by atoms with Gasteiger partial charge in [0.1, 0.15) is 0 Å². The summed E-state index contributed by atoms with van der Waals surface area (Å²) in [7, 11) is 2.76. The molecule has 2 aliphatic heterocycles. The molecule has 4 amide bonds. The number of phenols is 1. The van der Waals surface area contributed by atoms with E-state index in [-0.39, 0.29) is 29.7 Å². The molecule has 6 unspecified atom stereocenters. The number of fused-ring (bicyclic) bond motifs is 4. The van der Waals surface area contributed by atoms with Gasteiger partial charge in [-0.25, -0.2) is 0 Å². The molecule has 1 aromatic rings. The molecule has 5 rings (SSSR count). The van der Waals surface area contributed by atoms with Crippen molar-refractivity contribution in [2.45, 2.75) is 41.9 Å². The Balaban J connectivity index is 1.71. The van der Waals surface area contributed by atoms with Crippen LogP contribution in [0.2, 0.25) is 0 Å². The van der Waals surface area contributed by atoms with Crippen molar-refractivity contribution in [1.29, 1.82) is 0 Å². The lowest BCUT2D eigenvalue weighted by Crippen LogP contribution is -2.60. The van der Waals surface area contributed by atoms with Gasteiger partial charge in [-0.15, -0.1) is 23.2 Å². The van der Waals surface area contributed by atoms with Crippen LogP contribution >= 0.6 is 23.2 Å². The van der Waals surface area contributed by atoms with Gasteiger partial charge in [-0.3, -0.25) is 29.0 Å². The number of methoxy groups -OCH3 is 1. The topological polar surface area (TPSA) is 104 Å². The number of alkyl halides is 2. The highest BCUT2D eigenvalue weighted by Crippen LogP contribution is 2.65. The third kappa shape index (κ3) is 2.93. The van der Waals surface area contributed by atoms with Crippen LogP contribution in [0.4, 0.5) is 0 Å². The molecule has 2 saturated heterocycles. The number of hydrogen-bond acceptors (Lipinski definition) is 6. The van der Waals surface area contributed by atoms with Gasteiger partial charge >= 0.3 is 0 Å². The van der Waals surface area contributed by atoms with Crippen molar-refractivity contribution in [3.8, 4) is 11.5 Å². The first-order valence-electron chi connectivity index (χ1n) is 11.6. The highest BCUT2D eigenvalue weighted by atomic mass is 35.5. The van der Waals surface area contributed by atoms with Crippen LogP contribution in [0.25, 0.3) is 0 Å². The molecule has 6 atom stereocenters. The predicted molar refractivity (Wildman–Crippen MR) is 127 cm³/mol. The zero-order chi connectivity index (χ0) is 25.4. The second kappa shape index (κ2) is 7.96. The van der Waals surface area contributed by atoms with Crippen LogP contribution in [0.15, 0.2) is 29.8 Å². The highest BCUT2D eigenvalue weighted by molar-refractivity contribution is 6.53. The van der Waals surface area contributed by atoms with Crippen molar-refractivity contribution >= 4 is 46.8 Å². The molecule has 4 aliphatic rings. The maximum Gasteiger partial charge on any atom is 0.253 e. The lowest BCUT2D eigenvalue weighted by molar-refractivity contribution is -0.141. The van der Waals surface area contributed by atoms with E-state index < -0.39 is 45.2 Å². The maximum absolute atomic E-state index is 13.5. The molecule has 186 valence electrons. The number of allylic oxidation sites excluding steroid dienone is 2. The van der Waals surface area contributed by atoms with E-state index in [1.165, 1.54) is 25.1 Å². The summed E-state index contributed by atoms with van der Waals surface area (Å²) in [5, 5.41) is 10.5. The van der Waals surface area contributed by atoms with E-state index in [1.807, 2.05) is 13.0 Å². The number of likely N-dealkylation sites (tertiary alicyclic amines) is 2. The van der Waals surface area contributed by atoms with Crippen LogP contribution in [-0.4, -0.2) is 69.0 Å². The zero-order valence-corrected chi connectivity index (χ0v) is 21.1. The Bertz CT molecular complexity index is 1200. The number of phenolic OH excluding ortho intramolecular Hbond substituents is 1. The third-order valence-corrected chi connectivity index (χ3v) is 9.50. The van der Waals surface area contributed by atoms with Crippen molar-refractivity contribution in [2.75, 3.05) is 20.7 Å². The molecular weight excluding hydrogens is 495 g/mol. The minimum absolute atomic E-state index is 0.0441. The lowest BCUT2D eigenvalue weighted by Gasteiger charge is -2.50. The van der Waals surface area contributed by atoms with E-state index in [4.69, 9.17) is 27.9 Å². The first-order chi connectivity index (χ1) is 16.5. The van der Waals surface area contributed by atoms with Crippen molar-refractivity contribution in [3.63, 3.8) is 0 Å². The van der Waals surface area contributed by atoms with Gasteiger partial charge in [0, 0.05) is 19.5 Å². The fraction of sp³-hybridized carbons (Fsp3) is 0.520. The number of hydrogen-bond donors (Lipinski definition) is 1. The van der Waals surface area contributed by atoms with Crippen molar-refractivity contribution in [2.24, 2.45) is 17.8 Å². The number of benzene rings is 1. The molecule has 0 bridgehead atoms. The van der Waals surface area contributed by atoms with E-state index in [2.05, 4.69) is 0 Å². The molecule has 2 aliphatic carbocycles. The number of halogens is 2. The summed E-state index contributed by atoms with van der Waals surface area (Å²) in [5.41, 5.74) is 1.16. The Labute approximate surface area is 212 Å². The molecule has 8 nitrogen and oxygen atoms in total. The van der Waals surface area contributed by atoms with Crippen molar-refractivity contribution in [3.05, 3.63) is 35.4 Å². The number of nitrogens with zero attached hydrogens (tertiary/aromatic N) is 2. The van der Waals surface area contributed by atoms with Gasteiger partial charge in [-0.1, -0.05) is 24.6 Å². The minimum atomic E-state index is -1.87. The van der Waals surface area contributed by atoms with Gasteiger partial charge in [0.2, 0.25) is 11.8 Å². The van der Waals surface area contributed by atoms with Gasteiger partial charge in [-0.05, 0) is 42.9 Å². The summed E-state index contributed by atoms with van der Waals surface area (Å²) in [4.78, 5) is 51.9. The highest BCUT2D eigenvalue weighted by Gasteiger charge is 2.75. The predicted octanol–water partition coefficient (Wildman–Crippen LogP) is 2.80. The first kappa shape index (κ1) is 24.1. The van der Waals surface area contributed by atoms with Gasteiger partial charge in [0.25, 0.3) is 11.8 Å². The van der Waals surface area contributed by atoms with Crippen LogP contribution in [0, 0.1) is 17.8 Å². The average molecular weight is 521 g/mol. The SMILES string of the molecule is CCCN1C(=O)C2CC=C3C(CC4(Cl)C(=O)N(C)C(=O)C4(Cl)C3c3ccc(OC)c(O)c3)C2C1=O. The van der Waals surface area contributed by atoms with Crippen molar-refractivity contribution < 1.29 is 29.0 Å². The summed E-state index contributed by atoms with van der Waals surface area (Å²) in [6.45, 7) is 2.22. The molecule has 10 heteroatoms. The number of imide groups is 2. The molecule has 1 saturated carbocycles. The van der Waals surface area contributed by atoms with E-state index in [1.54, 1.807) is 12.1 Å². The Morgan fingerprint density at radius 2 is 1.83 bits per heavy atom. The van der Waals surface area contributed by atoms with Crippen molar-refractivity contribution in [1.82, 2.24) is 9.80 Å². The number of rotatable bonds is 4. The van der Waals surface area contributed by atoms with Crippen LogP contribution in [0.1, 0.15) is 37.7 Å². The first-order valence-corrected chi connectivity index (χ1v) is 12.4. The smallest absolute Gasteiger partial charge is 0.253 e. The van der Waals surface area contributed by atoms with E-state index in [9.17, 15) is 24.3 Å². The average Bonchev–Trinajstić information content (AvgIpc) is 3.14.